The summed E-state index contributed by atoms with van der Waals surface area (Å²) in [4.78, 5) is 15.3. The van der Waals surface area contributed by atoms with Gasteiger partial charge in [0.2, 0.25) is 0 Å². The summed E-state index contributed by atoms with van der Waals surface area (Å²) >= 11 is 0. The summed E-state index contributed by atoms with van der Waals surface area (Å²) in [5.74, 6) is -0.0426. The molecule has 5 nitrogen and oxygen atoms in total. The number of halogens is 1. The molecule has 6 heteroatoms. The molecule has 0 saturated carbocycles. The molecule has 0 saturated heterocycles. The maximum Gasteiger partial charge on any atom is 0.335 e. The molecule has 0 bridgehead atoms. The number of rotatable bonds is 5. The highest BCUT2D eigenvalue weighted by Gasteiger charge is 2.12. The van der Waals surface area contributed by atoms with Gasteiger partial charge < -0.3 is 5.11 Å². The van der Waals surface area contributed by atoms with Gasteiger partial charge in [0.1, 0.15) is 11.6 Å². The number of carbonyl (C=O) groups is 1. The highest BCUT2D eigenvalue weighted by Crippen LogP contribution is 2.13. The van der Waals surface area contributed by atoms with Crippen molar-refractivity contribution in [3.8, 4) is 0 Å². The zero-order valence-electron chi connectivity index (χ0n) is 11.4. The second-order valence-corrected chi connectivity index (χ2v) is 4.42. The summed E-state index contributed by atoms with van der Waals surface area (Å²) < 4.78 is 15.4. The minimum absolute atomic E-state index is 0.0651. The fourth-order valence-electron chi connectivity index (χ4n) is 1.95. The van der Waals surface area contributed by atoms with E-state index in [1.807, 2.05) is 13.8 Å². The first kappa shape index (κ1) is 14.2. The van der Waals surface area contributed by atoms with Crippen molar-refractivity contribution in [3.63, 3.8) is 0 Å². The monoisotopic (exact) mass is 277 g/mol. The van der Waals surface area contributed by atoms with Gasteiger partial charge in [-0.15, -0.1) is 0 Å². The third-order valence-electron chi connectivity index (χ3n) is 3.04. The standard InChI is InChI=1S/C14H16FN3O2/c1-3-12-16-13(4-2)18(17-12)8-10-7-9(14(19)20)5-6-11(10)15/h5-7H,3-4,8H2,1-2H3,(H,19,20). The third-order valence-corrected chi connectivity index (χ3v) is 3.04. The first-order chi connectivity index (χ1) is 9.55. The van der Waals surface area contributed by atoms with Crippen LogP contribution in [0.15, 0.2) is 18.2 Å². The summed E-state index contributed by atoms with van der Waals surface area (Å²) in [7, 11) is 0. The minimum atomic E-state index is -1.07. The Balaban J connectivity index is 2.36. The van der Waals surface area contributed by atoms with E-state index in [0.717, 1.165) is 5.82 Å². The zero-order valence-corrected chi connectivity index (χ0v) is 11.4. The lowest BCUT2D eigenvalue weighted by atomic mass is 10.1. The fraction of sp³-hybridized carbons (Fsp3) is 0.357. The molecule has 0 atom stereocenters. The summed E-state index contributed by atoms with van der Waals surface area (Å²) in [5.41, 5.74) is 0.363. The average molecular weight is 277 g/mol. The van der Waals surface area contributed by atoms with E-state index in [0.29, 0.717) is 24.2 Å². The molecule has 20 heavy (non-hydrogen) atoms. The predicted octanol–water partition coefficient (Wildman–Crippen LogP) is 2.29. The second-order valence-electron chi connectivity index (χ2n) is 4.42. The topological polar surface area (TPSA) is 68.0 Å². The molecule has 0 unspecified atom stereocenters. The van der Waals surface area contributed by atoms with Gasteiger partial charge in [-0.25, -0.2) is 18.9 Å². The molecule has 0 amide bonds. The van der Waals surface area contributed by atoms with Crippen LogP contribution in [-0.4, -0.2) is 25.8 Å². The maximum atomic E-state index is 13.8. The summed E-state index contributed by atoms with van der Waals surface area (Å²) in [6.07, 6.45) is 1.39. The lowest BCUT2D eigenvalue weighted by Gasteiger charge is -2.07. The Hall–Kier alpha value is -2.24. The van der Waals surface area contributed by atoms with E-state index in [1.54, 1.807) is 4.68 Å². The van der Waals surface area contributed by atoms with Crippen LogP contribution in [0.25, 0.3) is 0 Å². The van der Waals surface area contributed by atoms with Gasteiger partial charge >= 0.3 is 5.97 Å². The number of nitrogens with zero attached hydrogens (tertiary/aromatic N) is 3. The SMILES string of the molecule is CCc1nc(CC)n(Cc2cc(C(=O)O)ccc2F)n1. The average Bonchev–Trinajstić information content (AvgIpc) is 2.83. The Kier molecular flexibility index (Phi) is 4.12. The highest BCUT2D eigenvalue weighted by molar-refractivity contribution is 5.87. The van der Waals surface area contributed by atoms with Gasteiger partial charge in [0.25, 0.3) is 0 Å². The second kappa shape index (κ2) is 5.81. The molecule has 2 aromatic rings. The van der Waals surface area contributed by atoms with Crippen molar-refractivity contribution >= 4 is 5.97 Å². The van der Waals surface area contributed by atoms with Crippen LogP contribution >= 0.6 is 0 Å². The van der Waals surface area contributed by atoms with E-state index >= 15 is 0 Å². The number of aryl methyl sites for hydroxylation is 2. The largest absolute Gasteiger partial charge is 0.478 e. The molecular formula is C14H16FN3O2. The Labute approximate surface area is 116 Å². The number of hydrogen-bond donors (Lipinski definition) is 1. The molecule has 0 aliphatic heterocycles. The molecule has 0 fully saturated rings. The van der Waals surface area contributed by atoms with Crippen molar-refractivity contribution in [3.05, 3.63) is 46.8 Å². The molecule has 106 valence electrons. The molecule has 0 radical (unpaired) electrons. The van der Waals surface area contributed by atoms with Gasteiger partial charge in [-0.3, -0.25) is 0 Å². The van der Waals surface area contributed by atoms with Gasteiger partial charge in [-0.05, 0) is 18.2 Å². The number of carboxylic acids is 1. The van der Waals surface area contributed by atoms with E-state index in [2.05, 4.69) is 10.1 Å². The predicted molar refractivity (Wildman–Crippen MR) is 71.2 cm³/mol. The molecule has 0 aliphatic carbocycles. The fourth-order valence-corrected chi connectivity index (χ4v) is 1.95. The number of aromatic nitrogens is 3. The lowest BCUT2D eigenvalue weighted by Crippen LogP contribution is -2.09. The van der Waals surface area contributed by atoms with Gasteiger partial charge in [-0.2, -0.15) is 5.10 Å². The van der Waals surface area contributed by atoms with Crippen LogP contribution in [0.1, 0.15) is 41.4 Å². The number of carboxylic acid groups (broad SMARTS) is 1. The first-order valence-corrected chi connectivity index (χ1v) is 6.49. The van der Waals surface area contributed by atoms with E-state index in [9.17, 15) is 9.18 Å². The minimum Gasteiger partial charge on any atom is -0.478 e. The van der Waals surface area contributed by atoms with Crippen LogP contribution in [0.5, 0.6) is 0 Å². The van der Waals surface area contributed by atoms with Crippen LogP contribution < -0.4 is 0 Å². The first-order valence-electron chi connectivity index (χ1n) is 6.49. The molecule has 1 aromatic heterocycles. The maximum absolute atomic E-state index is 13.8. The van der Waals surface area contributed by atoms with E-state index < -0.39 is 11.8 Å². The van der Waals surface area contributed by atoms with Crippen LogP contribution in [0.4, 0.5) is 4.39 Å². The molecule has 1 N–H and O–H groups in total. The zero-order chi connectivity index (χ0) is 14.7. The van der Waals surface area contributed by atoms with E-state index in [4.69, 9.17) is 5.11 Å². The Morgan fingerprint density at radius 2 is 2.10 bits per heavy atom. The lowest BCUT2D eigenvalue weighted by molar-refractivity contribution is 0.0696. The molecule has 0 spiro atoms. The summed E-state index contributed by atoms with van der Waals surface area (Å²) in [6, 6.07) is 3.76. The smallest absolute Gasteiger partial charge is 0.335 e. The van der Waals surface area contributed by atoms with Crippen molar-refractivity contribution in [1.29, 1.82) is 0 Å². The number of hydrogen-bond acceptors (Lipinski definition) is 3. The van der Waals surface area contributed by atoms with Crippen LogP contribution in [0, 0.1) is 5.82 Å². The van der Waals surface area contributed by atoms with Crippen LogP contribution in [-0.2, 0) is 19.4 Å². The third kappa shape index (κ3) is 2.84. The van der Waals surface area contributed by atoms with E-state index in [1.165, 1.54) is 18.2 Å². The number of aromatic carboxylic acids is 1. The molecular weight excluding hydrogens is 261 g/mol. The normalized spacial score (nSPS) is 10.8. The van der Waals surface area contributed by atoms with E-state index in [-0.39, 0.29) is 12.1 Å². The van der Waals surface area contributed by atoms with Crippen molar-refractivity contribution < 1.29 is 14.3 Å². The van der Waals surface area contributed by atoms with Gasteiger partial charge in [0.15, 0.2) is 5.82 Å². The Morgan fingerprint density at radius 1 is 1.35 bits per heavy atom. The Bertz CT molecular complexity index is 637. The molecule has 1 heterocycles. The van der Waals surface area contributed by atoms with Gasteiger partial charge in [0.05, 0.1) is 12.1 Å². The molecule has 2 rings (SSSR count). The molecule has 1 aromatic carbocycles. The highest BCUT2D eigenvalue weighted by atomic mass is 19.1. The summed E-state index contributed by atoms with van der Waals surface area (Å²) in [6.45, 7) is 4.08. The van der Waals surface area contributed by atoms with Gasteiger partial charge in [0, 0.05) is 18.4 Å². The quantitative estimate of drug-likeness (QED) is 0.910. The molecule has 0 aliphatic rings. The van der Waals surface area contributed by atoms with Crippen LogP contribution in [0.2, 0.25) is 0 Å². The van der Waals surface area contributed by atoms with Gasteiger partial charge in [-0.1, -0.05) is 13.8 Å². The number of benzene rings is 1. The van der Waals surface area contributed by atoms with Crippen molar-refractivity contribution in [1.82, 2.24) is 14.8 Å². The Morgan fingerprint density at radius 3 is 2.70 bits per heavy atom. The van der Waals surface area contributed by atoms with Crippen molar-refractivity contribution in [2.24, 2.45) is 0 Å². The summed E-state index contributed by atoms with van der Waals surface area (Å²) in [5, 5.41) is 13.3. The van der Waals surface area contributed by atoms with Crippen molar-refractivity contribution in [2.45, 2.75) is 33.2 Å². The van der Waals surface area contributed by atoms with Crippen LogP contribution in [0.3, 0.4) is 0 Å². The van der Waals surface area contributed by atoms with Crippen molar-refractivity contribution in [2.75, 3.05) is 0 Å².